The number of fused-ring (bicyclic) bond motifs is 1. The normalized spacial score (nSPS) is 11.0. The Kier molecular flexibility index (Phi) is 5.40. The minimum Gasteiger partial charge on any atom is -0.454 e. The molecule has 0 aliphatic heterocycles. The van der Waals surface area contributed by atoms with Crippen LogP contribution in [-0.4, -0.2) is 19.7 Å². The number of rotatable bonds is 5. The van der Waals surface area contributed by atoms with Gasteiger partial charge in [0.25, 0.3) is 5.95 Å². The van der Waals surface area contributed by atoms with Crippen LogP contribution in [0.2, 0.25) is 5.02 Å². The molecule has 0 radical (unpaired) electrons. The van der Waals surface area contributed by atoms with Crippen LogP contribution in [0, 0.1) is 19.7 Å². The van der Waals surface area contributed by atoms with Gasteiger partial charge in [-0.1, -0.05) is 41.9 Å². The Balaban J connectivity index is 1.67. The minimum atomic E-state index is -0.529. The number of anilines is 2. The maximum Gasteiger partial charge on any atom is 0.253 e. The lowest BCUT2D eigenvalue weighted by Gasteiger charge is -2.15. The summed E-state index contributed by atoms with van der Waals surface area (Å²) >= 11 is 6.36. The fourth-order valence-electron chi connectivity index (χ4n) is 3.54. The van der Waals surface area contributed by atoms with Crippen LogP contribution in [0.4, 0.5) is 15.9 Å². The number of aromatic nitrogens is 4. The number of nitrogens with zero attached hydrogens (tertiary/aromatic N) is 4. The molecular formula is C25H19ClFN5O. The van der Waals surface area contributed by atoms with E-state index in [-0.39, 0.29) is 5.75 Å². The molecule has 5 aromatic rings. The highest BCUT2D eigenvalue weighted by atomic mass is 35.5. The van der Waals surface area contributed by atoms with E-state index in [2.05, 4.69) is 20.4 Å². The monoisotopic (exact) mass is 459 g/mol. The smallest absolute Gasteiger partial charge is 0.253 e. The fraction of sp³-hybridized carbons (Fsp3) is 0.0800. The number of hydrogen-bond acceptors (Lipinski definition) is 5. The second kappa shape index (κ2) is 8.52. The van der Waals surface area contributed by atoms with Gasteiger partial charge in [0.1, 0.15) is 11.6 Å². The first kappa shape index (κ1) is 20.9. The number of nitrogens with one attached hydrogen (secondary N) is 1. The molecule has 0 saturated carbocycles. The minimum absolute atomic E-state index is 0.0811. The van der Waals surface area contributed by atoms with Crippen molar-refractivity contribution in [3.63, 3.8) is 0 Å². The molecule has 0 unspecified atom stereocenters. The molecule has 0 fully saturated rings. The Bertz CT molecular complexity index is 1450. The number of halogens is 2. The Morgan fingerprint density at radius 3 is 2.48 bits per heavy atom. The topological polar surface area (TPSA) is 64.9 Å². The van der Waals surface area contributed by atoms with Crippen molar-refractivity contribution in [3.05, 3.63) is 95.0 Å². The quantitative estimate of drug-likeness (QED) is 0.314. The Labute approximate surface area is 194 Å². The predicted octanol–water partition coefficient (Wildman–Crippen LogP) is 6.76. The summed E-state index contributed by atoms with van der Waals surface area (Å²) in [5.41, 5.74) is 2.88. The lowest BCUT2D eigenvalue weighted by molar-refractivity contribution is 0.438. The second-order valence-corrected chi connectivity index (χ2v) is 7.96. The van der Waals surface area contributed by atoms with Crippen molar-refractivity contribution in [2.75, 3.05) is 5.32 Å². The van der Waals surface area contributed by atoms with Crippen LogP contribution >= 0.6 is 11.6 Å². The van der Waals surface area contributed by atoms with Gasteiger partial charge in [0, 0.05) is 23.8 Å². The summed E-state index contributed by atoms with van der Waals surface area (Å²) in [5.74, 6) is 0.914. The molecule has 2 aromatic heterocycles. The number of para-hydroxylation sites is 2. The molecule has 2 heterocycles. The van der Waals surface area contributed by atoms with E-state index in [0.717, 1.165) is 11.1 Å². The van der Waals surface area contributed by atoms with Crippen LogP contribution in [0.1, 0.15) is 11.1 Å². The molecule has 0 spiro atoms. The highest BCUT2D eigenvalue weighted by Crippen LogP contribution is 2.35. The molecule has 0 atom stereocenters. The maximum atomic E-state index is 15.1. The van der Waals surface area contributed by atoms with E-state index in [1.165, 1.54) is 10.7 Å². The molecule has 5 rings (SSSR count). The largest absolute Gasteiger partial charge is 0.454 e. The number of ether oxygens (including phenoxy) is 1. The summed E-state index contributed by atoms with van der Waals surface area (Å²) in [6, 6.07) is 17.8. The molecule has 0 aliphatic carbocycles. The van der Waals surface area contributed by atoms with E-state index < -0.39 is 5.82 Å². The van der Waals surface area contributed by atoms with E-state index in [0.29, 0.717) is 39.1 Å². The summed E-state index contributed by atoms with van der Waals surface area (Å²) in [5, 5.41) is 8.55. The molecule has 8 heteroatoms. The third kappa shape index (κ3) is 4.10. The van der Waals surface area contributed by atoms with Crippen molar-refractivity contribution >= 4 is 34.0 Å². The van der Waals surface area contributed by atoms with E-state index in [1.54, 1.807) is 30.6 Å². The van der Waals surface area contributed by atoms with Gasteiger partial charge in [-0.05, 0) is 49.2 Å². The highest BCUT2D eigenvalue weighted by molar-refractivity contribution is 6.33. The van der Waals surface area contributed by atoms with E-state index in [9.17, 15) is 0 Å². The molecular weight excluding hydrogens is 441 g/mol. The zero-order valence-electron chi connectivity index (χ0n) is 17.9. The van der Waals surface area contributed by atoms with Gasteiger partial charge in [0.15, 0.2) is 11.6 Å². The molecule has 0 bridgehead atoms. The maximum absolute atomic E-state index is 15.1. The summed E-state index contributed by atoms with van der Waals surface area (Å²) < 4.78 is 22.6. The van der Waals surface area contributed by atoms with Gasteiger partial charge >= 0.3 is 0 Å². The number of aryl methyl sites for hydroxylation is 2. The summed E-state index contributed by atoms with van der Waals surface area (Å²) in [7, 11) is 0. The molecule has 33 heavy (non-hydrogen) atoms. The van der Waals surface area contributed by atoms with Crippen molar-refractivity contribution < 1.29 is 9.13 Å². The average molecular weight is 460 g/mol. The molecule has 0 saturated heterocycles. The predicted molar refractivity (Wildman–Crippen MR) is 127 cm³/mol. The third-order valence-electron chi connectivity index (χ3n) is 5.19. The van der Waals surface area contributed by atoms with Crippen LogP contribution in [0.5, 0.6) is 11.5 Å². The van der Waals surface area contributed by atoms with Gasteiger partial charge in [-0.25, -0.2) is 14.1 Å². The van der Waals surface area contributed by atoms with Gasteiger partial charge in [-0.3, -0.25) is 0 Å². The van der Waals surface area contributed by atoms with Crippen LogP contribution in [0.15, 0.2) is 73.1 Å². The molecule has 164 valence electrons. The molecule has 0 aliphatic rings. The Morgan fingerprint density at radius 2 is 1.76 bits per heavy atom. The van der Waals surface area contributed by atoms with Crippen molar-refractivity contribution in [2.45, 2.75) is 13.8 Å². The first-order valence-corrected chi connectivity index (χ1v) is 10.6. The standard InChI is InChI=1S/C25H19ClFN5O/c1-15-7-5-8-16(2)23(15)33-22-13-17-21(14-19(22)27)30-25(32-12-6-11-28-32)31-24(17)29-20-10-4-3-9-18(20)26/h3-14H,1-2H3,(H,29,30,31). The number of hydrogen-bond donors (Lipinski definition) is 1. The average Bonchev–Trinajstić information content (AvgIpc) is 3.33. The first-order chi connectivity index (χ1) is 16.0. The zero-order chi connectivity index (χ0) is 22.9. The van der Waals surface area contributed by atoms with E-state index in [1.807, 2.05) is 50.2 Å². The zero-order valence-corrected chi connectivity index (χ0v) is 18.6. The Hall–Kier alpha value is -3.97. The van der Waals surface area contributed by atoms with Crippen molar-refractivity contribution in [3.8, 4) is 17.4 Å². The summed E-state index contributed by atoms with van der Waals surface area (Å²) in [6.45, 7) is 3.84. The van der Waals surface area contributed by atoms with Crippen LogP contribution in [0.25, 0.3) is 16.9 Å². The van der Waals surface area contributed by atoms with E-state index in [4.69, 9.17) is 16.3 Å². The van der Waals surface area contributed by atoms with Crippen LogP contribution in [-0.2, 0) is 0 Å². The third-order valence-corrected chi connectivity index (χ3v) is 5.52. The first-order valence-electron chi connectivity index (χ1n) is 10.3. The van der Waals surface area contributed by atoms with Crippen molar-refractivity contribution in [1.82, 2.24) is 19.7 Å². The molecule has 3 aromatic carbocycles. The highest BCUT2D eigenvalue weighted by Gasteiger charge is 2.17. The lowest BCUT2D eigenvalue weighted by Crippen LogP contribution is -2.06. The summed E-state index contributed by atoms with van der Waals surface area (Å²) in [6.07, 6.45) is 3.34. The molecule has 6 nitrogen and oxygen atoms in total. The second-order valence-electron chi connectivity index (χ2n) is 7.55. The lowest BCUT2D eigenvalue weighted by atomic mass is 10.1. The van der Waals surface area contributed by atoms with Gasteiger partial charge in [0.2, 0.25) is 0 Å². The van der Waals surface area contributed by atoms with Crippen LogP contribution in [0.3, 0.4) is 0 Å². The van der Waals surface area contributed by atoms with Gasteiger partial charge in [0.05, 0.1) is 16.2 Å². The Morgan fingerprint density at radius 1 is 0.970 bits per heavy atom. The fourth-order valence-corrected chi connectivity index (χ4v) is 3.72. The summed E-state index contributed by atoms with van der Waals surface area (Å²) in [4.78, 5) is 9.14. The molecule has 1 N–H and O–H groups in total. The van der Waals surface area contributed by atoms with Gasteiger partial charge in [-0.2, -0.15) is 10.1 Å². The van der Waals surface area contributed by atoms with Gasteiger partial charge < -0.3 is 10.1 Å². The number of benzene rings is 3. The van der Waals surface area contributed by atoms with Crippen molar-refractivity contribution in [1.29, 1.82) is 0 Å². The van der Waals surface area contributed by atoms with Crippen molar-refractivity contribution in [2.24, 2.45) is 0 Å². The van der Waals surface area contributed by atoms with Crippen LogP contribution < -0.4 is 10.1 Å². The van der Waals surface area contributed by atoms with Gasteiger partial charge in [-0.15, -0.1) is 0 Å². The van der Waals surface area contributed by atoms with E-state index >= 15 is 4.39 Å². The molecule has 0 amide bonds. The SMILES string of the molecule is Cc1cccc(C)c1Oc1cc2c(Nc3ccccc3Cl)nc(-n3cccn3)nc2cc1F.